The molecule has 3 N–H and O–H groups in total. The summed E-state index contributed by atoms with van der Waals surface area (Å²) in [5.74, 6) is -1.12. The van der Waals surface area contributed by atoms with Crippen LogP contribution >= 0.6 is 0 Å². The first-order valence-electron chi connectivity index (χ1n) is 6.75. The molecule has 0 bridgehead atoms. The summed E-state index contributed by atoms with van der Waals surface area (Å²) in [7, 11) is 0. The van der Waals surface area contributed by atoms with Gasteiger partial charge >= 0.3 is 0 Å². The molecule has 1 aliphatic rings. The molecule has 0 spiro atoms. The second kappa shape index (κ2) is 6.58. The Hall–Kier alpha value is -1.79. The van der Waals surface area contributed by atoms with Crippen molar-refractivity contribution in [3.8, 4) is 11.5 Å². The number of likely N-dealkylation sites (N-methyl/N-ethyl adjacent to an activating group) is 1. The van der Waals surface area contributed by atoms with Crippen LogP contribution in [0, 0.1) is 0 Å². The van der Waals surface area contributed by atoms with Crippen molar-refractivity contribution in [1.29, 1.82) is 0 Å². The lowest BCUT2D eigenvalue weighted by Crippen LogP contribution is -2.47. The van der Waals surface area contributed by atoms with Crippen molar-refractivity contribution < 1.29 is 19.7 Å². The van der Waals surface area contributed by atoms with Gasteiger partial charge in [0.2, 0.25) is 0 Å². The molecule has 6 nitrogen and oxygen atoms in total. The van der Waals surface area contributed by atoms with Gasteiger partial charge in [0.25, 0.3) is 5.91 Å². The van der Waals surface area contributed by atoms with Crippen molar-refractivity contribution in [3.63, 3.8) is 0 Å². The van der Waals surface area contributed by atoms with E-state index in [1.54, 1.807) is 0 Å². The van der Waals surface area contributed by atoms with Crippen molar-refractivity contribution in [2.45, 2.75) is 13.0 Å². The molecule has 1 atom stereocenters. The first-order valence-corrected chi connectivity index (χ1v) is 6.75. The summed E-state index contributed by atoms with van der Waals surface area (Å²) in [4.78, 5) is 14.2. The minimum Gasteiger partial charge on any atom is -0.504 e. The van der Waals surface area contributed by atoms with E-state index in [1.807, 2.05) is 0 Å². The monoisotopic (exact) mass is 280 g/mol. The van der Waals surface area contributed by atoms with Crippen LogP contribution in [-0.4, -0.2) is 59.9 Å². The lowest BCUT2D eigenvalue weighted by molar-refractivity contribution is -0.0246. The summed E-state index contributed by atoms with van der Waals surface area (Å²) in [6.07, 6.45) is -0.0490. The number of ether oxygens (including phenoxy) is 1. The van der Waals surface area contributed by atoms with Crippen molar-refractivity contribution in [1.82, 2.24) is 10.2 Å². The molecule has 1 saturated heterocycles. The zero-order valence-electron chi connectivity index (χ0n) is 11.5. The third-order valence-electron chi connectivity index (χ3n) is 3.42. The van der Waals surface area contributed by atoms with Gasteiger partial charge in [-0.15, -0.1) is 0 Å². The molecule has 110 valence electrons. The first-order chi connectivity index (χ1) is 9.61. The van der Waals surface area contributed by atoms with E-state index < -0.39 is 11.7 Å². The summed E-state index contributed by atoms with van der Waals surface area (Å²) in [6, 6.07) is 4.31. The van der Waals surface area contributed by atoms with E-state index >= 15 is 0 Å². The van der Waals surface area contributed by atoms with E-state index in [2.05, 4.69) is 17.1 Å². The lowest BCUT2D eigenvalue weighted by atomic mass is 10.1. The van der Waals surface area contributed by atoms with Gasteiger partial charge < -0.3 is 20.3 Å². The van der Waals surface area contributed by atoms with Gasteiger partial charge in [0, 0.05) is 19.6 Å². The third-order valence-corrected chi connectivity index (χ3v) is 3.42. The SMILES string of the molecule is CCN1CCOC(CNC(=O)c2cccc(O)c2O)C1. The third kappa shape index (κ3) is 3.40. The second-order valence-corrected chi connectivity index (χ2v) is 4.77. The first kappa shape index (κ1) is 14.6. The Morgan fingerprint density at radius 1 is 1.50 bits per heavy atom. The summed E-state index contributed by atoms with van der Waals surface area (Å²) < 4.78 is 5.58. The average molecular weight is 280 g/mol. The molecule has 1 fully saturated rings. The number of amides is 1. The molecule has 0 saturated carbocycles. The van der Waals surface area contributed by atoms with E-state index in [9.17, 15) is 15.0 Å². The number of carbonyl (C=O) groups is 1. The predicted octanol–water partition coefficient (Wildman–Crippen LogP) is 0.548. The minimum absolute atomic E-state index is 0.0490. The normalized spacial score (nSPS) is 19.8. The molecule has 0 radical (unpaired) electrons. The highest BCUT2D eigenvalue weighted by Crippen LogP contribution is 2.27. The Kier molecular flexibility index (Phi) is 4.81. The van der Waals surface area contributed by atoms with Gasteiger partial charge in [-0.05, 0) is 18.7 Å². The molecule has 2 rings (SSSR count). The van der Waals surface area contributed by atoms with Gasteiger partial charge in [0.1, 0.15) is 0 Å². The largest absolute Gasteiger partial charge is 0.504 e. The highest BCUT2D eigenvalue weighted by Gasteiger charge is 2.21. The average Bonchev–Trinajstić information content (AvgIpc) is 2.48. The second-order valence-electron chi connectivity index (χ2n) is 4.77. The van der Waals surface area contributed by atoms with Gasteiger partial charge in [-0.25, -0.2) is 0 Å². The summed E-state index contributed by atoms with van der Waals surface area (Å²) in [5.41, 5.74) is 0.0631. The molecular weight excluding hydrogens is 260 g/mol. The maximum Gasteiger partial charge on any atom is 0.255 e. The van der Waals surface area contributed by atoms with Crippen molar-refractivity contribution >= 4 is 5.91 Å². The van der Waals surface area contributed by atoms with Crippen LogP contribution in [0.5, 0.6) is 11.5 Å². The van der Waals surface area contributed by atoms with Crippen LogP contribution in [0.3, 0.4) is 0 Å². The molecule has 6 heteroatoms. The van der Waals surface area contributed by atoms with Crippen molar-refractivity contribution in [3.05, 3.63) is 23.8 Å². The van der Waals surface area contributed by atoms with E-state index in [0.717, 1.165) is 19.6 Å². The lowest BCUT2D eigenvalue weighted by Gasteiger charge is -2.32. The van der Waals surface area contributed by atoms with Crippen LogP contribution in [-0.2, 0) is 4.74 Å². The standard InChI is InChI=1S/C14H20N2O4/c1-2-16-6-7-20-10(9-16)8-15-14(19)11-4-3-5-12(17)13(11)18/h3-5,10,17-18H,2,6-9H2,1H3,(H,15,19). The zero-order chi connectivity index (χ0) is 14.5. The Morgan fingerprint density at radius 3 is 3.05 bits per heavy atom. The van der Waals surface area contributed by atoms with Crippen LogP contribution < -0.4 is 5.32 Å². The fourth-order valence-electron chi connectivity index (χ4n) is 2.21. The van der Waals surface area contributed by atoms with Gasteiger partial charge in [0.15, 0.2) is 11.5 Å². The van der Waals surface area contributed by atoms with Gasteiger partial charge in [0.05, 0.1) is 18.3 Å². The van der Waals surface area contributed by atoms with Crippen LogP contribution in [0.15, 0.2) is 18.2 Å². The summed E-state index contributed by atoms with van der Waals surface area (Å²) >= 11 is 0. The van der Waals surface area contributed by atoms with E-state index in [4.69, 9.17) is 4.74 Å². The summed E-state index contributed by atoms with van der Waals surface area (Å²) in [5, 5.41) is 21.7. The molecule has 1 heterocycles. The van der Waals surface area contributed by atoms with E-state index in [0.29, 0.717) is 13.2 Å². The number of para-hydroxylation sites is 1. The Balaban J connectivity index is 1.90. The fraction of sp³-hybridized carbons (Fsp3) is 0.500. The smallest absolute Gasteiger partial charge is 0.255 e. The number of phenols is 2. The quantitative estimate of drug-likeness (QED) is 0.702. The maximum absolute atomic E-state index is 12.0. The van der Waals surface area contributed by atoms with Crippen LogP contribution in [0.25, 0.3) is 0 Å². The predicted molar refractivity (Wildman–Crippen MR) is 74.0 cm³/mol. The number of hydrogen-bond donors (Lipinski definition) is 3. The number of nitrogens with zero attached hydrogens (tertiary/aromatic N) is 1. The number of morpholine rings is 1. The fourth-order valence-corrected chi connectivity index (χ4v) is 2.21. The Morgan fingerprint density at radius 2 is 2.30 bits per heavy atom. The van der Waals surface area contributed by atoms with Crippen molar-refractivity contribution in [2.24, 2.45) is 0 Å². The number of rotatable bonds is 4. The molecule has 0 aliphatic carbocycles. The number of benzene rings is 1. The molecule has 1 aliphatic heterocycles. The molecule has 20 heavy (non-hydrogen) atoms. The number of hydrogen-bond acceptors (Lipinski definition) is 5. The number of aromatic hydroxyl groups is 2. The Labute approximate surface area is 118 Å². The molecule has 1 unspecified atom stereocenters. The zero-order valence-corrected chi connectivity index (χ0v) is 11.5. The van der Waals surface area contributed by atoms with Gasteiger partial charge in [-0.2, -0.15) is 0 Å². The molecular formula is C14H20N2O4. The van der Waals surface area contributed by atoms with Crippen molar-refractivity contribution in [2.75, 3.05) is 32.8 Å². The van der Waals surface area contributed by atoms with Crippen LogP contribution in [0.1, 0.15) is 17.3 Å². The van der Waals surface area contributed by atoms with Crippen LogP contribution in [0.2, 0.25) is 0 Å². The summed E-state index contributed by atoms with van der Waals surface area (Å²) in [6.45, 7) is 5.78. The van der Waals surface area contributed by atoms with E-state index in [1.165, 1.54) is 18.2 Å². The highest BCUT2D eigenvalue weighted by molar-refractivity contribution is 5.97. The molecule has 0 aromatic heterocycles. The van der Waals surface area contributed by atoms with Crippen LogP contribution in [0.4, 0.5) is 0 Å². The minimum atomic E-state index is -0.421. The maximum atomic E-state index is 12.0. The molecule has 1 amide bonds. The topological polar surface area (TPSA) is 82.0 Å². The van der Waals surface area contributed by atoms with Gasteiger partial charge in [-0.1, -0.05) is 13.0 Å². The molecule has 1 aromatic carbocycles. The highest BCUT2D eigenvalue weighted by atomic mass is 16.5. The number of carbonyl (C=O) groups excluding carboxylic acids is 1. The number of nitrogens with one attached hydrogen (secondary N) is 1. The van der Waals surface area contributed by atoms with Gasteiger partial charge in [-0.3, -0.25) is 9.69 Å². The van der Waals surface area contributed by atoms with E-state index in [-0.39, 0.29) is 17.4 Å². The number of phenolic OH excluding ortho intramolecular Hbond substituents is 2. The Bertz CT molecular complexity index is 478. The molecule has 1 aromatic rings.